The van der Waals surface area contributed by atoms with Crippen molar-refractivity contribution in [3.8, 4) is 17.2 Å². The van der Waals surface area contributed by atoms with Crippen molar-refractivity contribution in [2.45, 2.75) is 90.4 Å². The summed E-state index contributed by atoms with van der Waals surface area (Å²) >= 11 is 0. The topological polar surface area (TPSA) is 139 Å². The van der Waals surface area contributed by atoms with E-state index in [4.69, 9.17) is 18.9 Å². The van der Waals surface area contributed by atoms with Crippen molar-refractivity contribution in [1.29, 1.82) is 0 Å². The van der Waals surface area contributed by atoms with E-state index in [0.717, 1.165) is 51.4 Å². The number of fused-ring (bicyclic) bond motifs is 2. The fraction of sp³-hybridized carbons (Fsp3) is 0.595. The Hall–Kier alpha value is -4.03. The van der Waals surface area contributed by atoms with Crippen LogP contribution in [0.4, 0.5) is 16.2 Å². The third-order valence-corrected chi connectivity index (χ3v) is 9.72. The first kappa shape index (κ1) is 36.3. The van der Waals surface area contributed by atoms with E-state index in [9.17, 15) is 19.5 Å². The lowest BCUT2D eigenvalue weighted by molar-refractivity contribution is -0.120. The van der Waals surface area contributed by atoms with Gasteiger partial charge in [0, 0.05) is 56.0 Å². The summed E-state index contributed by atoms with van der Waals surface area (Å²) in [5.41, 5.74) is 1.45. The molecule has 0 unspecified atom stereocenters. The van der Waals surface area contributed by atoms with Crippen molar-refractivity contribution in [3.63, 3.8) is 0 Å². The lowest BCUT2D eigenvalue weighted by Crippen LogP contribution is -2.48. The highest BCUT2D eigenvalue weighted by Gasteiger charge is 2.31. The first-order chi connectivity index (χ1) is 23.6. The van der Waals surface area contributed by atoms with Gasteiger partial charge in [-0.05, 0) is 76.3 Å². The molecule has 0 aromatic heterocycles. The monoisotopic (exact) mass is 680 g/mol. The van der Waals surface area contributed by atoms with Crippen molar-refractivity contribution in [3.05, 3.63) is 42.0 Å². The zero-order valence-electron chi connectivity index (χ0n) is 29.2. The lowest BCUT2D eigenvalue weighted by Gasteiger charge is -2.35. The number of amides is 4. The second-order valence-electron chi connectivity index (χ2n) is 13.7. The first-order valence-corrected chi connectivity index (χ1v) is 17.7. The number of rotatable bonds is 7. The molecule has 49 heavy (non-hydrogen) atoms. The van der Waals surface area contributed by atoms with E-state index in [0.29, 0.717) is 40.8 Å². The van der Waals surface area contributed by atoms with Crippen molar-refractivity contribution in [1.82, 2.24) is 9.80 Å². The van der Waals surface area contributed by atoms with Crippen LogP contribution in [-0.2, 0) is 9.53 Å². The zero-order valence-corrected chi connectivity index (χ0v) is 29.2. The molecule has 2 heterocycles. The van der Waals surface area contributed by atoms with E-state index in [2.05, 4.69) is 10.6 Å². The molecule has 12 nitrogen and oxygen atoms in total. The standard InChI is InChI=1S/C37H52N4O8/c1-24-20-41(25(2)22-42)36(44)30-18-28(38-35(43)27-11-6-5-7-12-27)13-15-31(30)49-26(3)10-8-9-17-46-34(24)21-40(4)37(45)39-29-14-16-32-33(19-29)48-23-47-32/h13-16,18-19,24-27,34,42H,5-12,17,20-23H2,1-4H3,(H,38,43)(H,39,45)/t24-,25+,26-,34-/m0/s1. The van der Waals surface area contributed by atoms with Crippen LogP contribution in [0, 0.1) is 11.8 Å². The van der Waals surface area contributed by atoms with Gasteiger partial charge in [0.15, 0.2) is 11.5 Å². The number of anilines is 2. The molecule has 0 bridgehead atoms. The van der Waals surface area contributed by atoms with Gasteiger partial charge in [-0.15, -0.1) is 0 Å². The van der Waals surface area contributed by atoms with Crippen molar-refractivity contribution < 1.29 is 38.4 Å². The Morgan fingerprint density at radius 1 is 0.939 bits per heavy atom. The molecule has 268 valence electrons. The highest BCUT2D eigenvalue weighted by atomic mass is 16.7. The maximum atomic E-state index is 14.4. The minimum atomic E-state index is -0.513. The van der Waals surface area contributed by atoms with Gasteiger partial charge in [-0.2, -0.15) is 0 Å². The Morgan fingerprint density at radius 3 is 2.39 bits per heavy atom. The highest BCUT2D eigenvalue weighted by Crippen LogP contribution is 2.34. The summed E-state index contributed by atoms with van der Waals surface area (Å²) in [6.07, 6.45) is 6.84. The number of carbonyl (C=O) groups excluding carboxylic acids is 3. The number of hydrogen-bond donors (Lipinski definition) is 3. The van der Waals surface area contributed by atoms with Gasteiger partial charge in [0.1, 0.15) is 5.75 Å². The molecule has 1 aliphatic carbocycles. The molecular weight excluding hydrogens is 628 g/mol. The van der Waals surface area contributed by atoms with Crippen LogP contribution in [0.15, 0.2) is 36.4 Å². The normalized spacial score (nSPS) is 22.7. The summed E-state index contributed by atoms with van der Waals surface area (Å²) in [6, 6.07) is 9.66. The maximum absolute atomic E-state index is 14.4. The van der Waals surface area contributed by atoms with Crippen molar-refractivity contribution in [2.24, 2.45) is 11.8 Å². The van der Waals surface area contributed by atoms with Crippen LogP contribution in [0.5, 0.6) is 17.2 Å². The minimum Gasteiger partial charge on any atom is -0.490 e. The van der Waals surface area contributed by atoms with E-state index < -0.39 is 12.1 Å². The van der Waals surface area contributed by atoms with Gasteiger partial charge in [-0.25, -0.2) is 4.79 Å². The second-order valence-corrected chi connectivity index (χ2v) is 13.7. The van der Waals surface area contributed by atoms with E-state index in [1.165, 1.54) is 0 Å². The van der Waals surface area contributed by atoms with E-state index in [1.807, 2.05) is 13.8 Å². The van der Waals surface area contributed by atoms with E-state index in [1.54, 1.807) is 60.2 Å². The molecule has 4 atom stereocenters. The number of nitrogens with one attached hydrogen (secondary N) is 2. The molecule has 4 amide bonds. The Labute approximate surface area is 289 Å². The summed E-state index contributed by atoms with van der Waals surface area (Å²) in [4.78, 5) is 44.0. The number of aliphatic hydroxyl groups excluding tert-OH is 1. The zero-order chi connectivity index (χ0) is 34.9. The van der Waals surface area contributed by atoms with Crippen LogP contribution >= 0.6 is 0 Å². The molecule has 2 aromatic carbocycles. The summed E-state index contributed by atoms with van der Waals surface area (Å²) < 4.78 is 23.5. The molecule has 0 spiro atoms. The van der Waals surface area contributed by atoms with Gasteiger partial charge >= 0.3 is 6.03 Å². The largest absolute Gasteiger partial charge is 0.490 e. The molecule has 12 heteroatoms. The third-order valence-electron chi connectivity index (χ3n) is 9.72. The predicted molar refractivity (Wildman–Crippen MR) is 186 cm³/mol. The summed E-state index contributed by atoms with van der Waals surface area (Å²) in [5.74, 6) is 1.08. The minimum absolute atomic E-state index is 0.0249. The molecule has 0 saturated heterocycles. The quantitative estimate of drug-likeness (QED) is 0.329. The average molecular weight is 681 g/mol. The van der Waals surface area contributed by atoms with Crippen LogP contribution < -0.4 is 24.8 Å². The number of hydrogen-bond acceptors (Lipinski definition) is 8. The number of carbonyl (C=O) groups is 3. The number of nitrogens with zero attached hydrogens (tertiary/aromatic N) is 2. The molecule has 2 aromatic rings. The Balaban J connectivity index is 1.35. The van der Waals surface area contributed by atoms with E-state index >= 15 is 0 Å². The summed E-state index contributed by atoms with van der Waals surface area (Å²) in [7, 11) is 1.71. The first-order valence-electron chi connectivity index (χ1n) is 17.7. The molecule has 2 aliphatic heterocycles. The number of aliphatic hydroxyl groups is 1. The predicted octanol–water partition coefficient (Wildman–Crippen LogP) is 5.89. The van der Waals surface area contributed by atoms with Gasteiger partial charge in [0.25, 0.3) is 5.91 Å². The van der Waals surface area contributed by atoms with Crippen molar-refractivity contribution >= 4 is 29.2 Å². The SMILES string of the molecule is C[C@H](CO)N1C[C@H](C)[C@H](CN(C)C(=O)Nc2ccc3c(c2)OCO3)OCCCC[C@H](C)Oc2ccc(NC(=O)C3CCCCC3)cc2C1=O. The Bertz CT molecular complexity index is 1450. The molecule has 3 N–H and O–H groups in total. The van der Waals surface area contributed by atoms with Gasteiger partial charge in [-0.3, -0.25) is 9.59 Å². The van der Waals surface area contributed by atoms with Crippen LogP contribution in [0.25, 0.3) is 0 Å². The fourth-order valence-corrected chi connectivity index (χ4v) is 6.62. The maximum Gasteiger partial charge on any atom is 0.321 e. The lowest BCUT2D eigenvalue weighted by atomic mass is 9.88. The van der Waals surface area contributed by atoms with Crippen LogP contribution in [0.1, 0.15) is 82.5 Å². The van der Waals surface area contributed by atoms with Gasteiger partial charge in [-0.1, -0.05) is 26.2 Å². The Morgan fingerprint density at radius 2 is 1.63 bits per heavy atom. The summed E-state index contributed by atoms with van der Waals surface area (Å²) in [6.45, 7) is 6.70. The highest BCUT2D eigenvalue weighted by molar-refractivity contribution is 6.00. The van der Waals surface area contributed by atoms with Gasteiger partial charge < -0.3 is 44.5 Å². The van der Waals surface area contributed by atoms with Crippen LogP contribution in [0.3, 0.4) is 0 Å². The molecule has 1 saturated carbocycles. The van der Waals surface area contributed by atoms with Crippen molar-refractivity contribution in [2.75, 3.05) is 50.8 Å². The number of ether oxygens (including phenoxy) is 4. The summed E-state index contributed by atoms with van der Waals surface area (Å²) in [5, 5.41) is 16.2. The van der Waals surface area contributed by atoms with Gasteiger partial charge in [0.05, 0.1) is 30.4 Å². The fourth-order valence-electron chi connectivity index (χ4n) is 6.62. The second kappa shape index (κ2) is 17.1. The molecule has 5 rings (SSSR count). The van der Waals surface area contributed by atoms with Crippen LogP contribution in [-0.4, -0.2) is 91.1 Å². The average Bonchev–Trinajstić information content (AvgIpc) is 3.58. The van der Waals surface area contributed by atoms with Gasteiger partial charge in [0.2, 0.25) is 12.7 Å². The molecule has 3 aliphatic rings. The molecular formula is C37H52N4O8. The molecule has 0 radical (unpaired) electrons. The Kier molecular flexibility index (Phi) is 12.6. The van der Waals surface area contributed by atoms with Crippen LogP contribution in [0.2, 0.25) is 0 Å². The smallest absolute Gasteiger partial charge is 0.321 e. The number of likely N-dealkylation sites (N-methyl/N-ethyl adjacent to an activating group) is 1. The van der Waals surface area contributed by atoms with E-state index in [-0.39, 0.29) is 62.3 Å². The number of urea groups is 1. The number of benzene rings is 2. The molecule has 1 fully saturated rings. The third kappa shape index (κ3) is 9.57.